The van der Waals surface area contributed by atoms with Crippen molar-refractivity contribution in [2.45, 2.75) is 25.4 Å². The minimum absolute atomic E-state index is 0.433. The van der Waals surface area contributed by atoms with E-state index in [-0.39, 0.29) is 0 Å². The van der Waals surface area contributed by atoms with Gasteiger partial charge in [0.25, 0.3) is 0 Å². The van der Waals surface area contributed by atoms with Crippen molar-refractivity contribution < 1.29 is 4.74 Å². The number of tetrazole rings is 1. The Balaban J connectivity index is 1.12. The number of nitrogens with zero attached hydrogens (tertiary/aromatic N) is 10. The van der Waals surface area contributed by atoms with E-state index < -0.39 is 0 Å². The molecule has 35 heavy (non-hydrogen) atoms. The van der Waals surface area contributed by atoms with Crippen LogP contribution >= 0.6 is 11.3 Å². The normalized spacial score (nSPS) is 14.0. The number of aromatic nitrogens is 7. The van der Waals surface area contributed by atoms with E-state index in [0.29, 0.717) is 18.3 Å². The van der Waals surface area contributed by atoms with E-state index in [0.717, 1.165) is 53.9 Å². The largest absolute Gasteiger partial charge is 0.487 e. The van der Waals surface area contributed by atoms with E-state index >= 15 is 0 Å². The van der Waals surface area contributed by atoms with Crippen LogP contribution in [0.5, 0.6) is 5.75 Å². The molecule has 3 aromatic heterocycles. The lowest BCUT2D eigenvalue weighted by molar-refractivity contribution is 0.301. The Morgan fingerprint density at radius 2 is 2.00 bits per heavy atom. The molecule has 0 saturated carbocycles. The highest BCUT2D eigenvalue weighted by Crippen LogP contribution is 2.32. The van der Waals surface area contributed by atoms with Gasteiger partial charge in [-0.25, -0.2) is 24.6 Å². The highest BCUT2D eigenvalue weighted by Gasteiger charge is 2.24. The van der Waals surface area contributed by atoms with Gasteiger partial charge in [-0.3, -0.25) is 0 Å². The molecule has 0 radical (unpaired) electrons. The van der Waals surface area contributed by atoms with Crippen LogP contribution in [-0.4, -0.2) is 55.0 Å². The van der Waals surface area contributed by atoms with Gasteiger partial charge in [0.15, 0.2) is 5.82 Å². The zero-order valence-corrected chi connectivity index (χ0v) is 19.8. The molecule has 0 spiro atoms. The highest BCUT2D eigenvalue weighted by atomic mass is 32.1. The van der Waals surface area contributed by atoms with E-state index in [4.69, 9.17) is 9.72 Å². The Bertz CT molecular complexity index is 1240. The van der Waals surface area contributed by atoms with Gasteiger partial charge in [-0.15, -0.1) is 16.4 Å². The molecule has 1 fully saturated rings. The number of thiazole rings is 1. The topological polar surface area (TPSA) is 110 Å². The van der Waals surface area contributed by atoms with Crippen LogP contribution in [0.4, 0.5) is 11.6 Å². The highest BCUT2D eigenvalue weighted by molar-refractivity contribution is 7.09. The second-order valence-corrected chi connectivity index (χ2v) is 8.77. The van der Waals surface area contributed by atoms with Crippen LogP contribution in [0.3, 0.4) is 0 Å². The number of hydrogen-bond donors (Lipinski definition) is 0. The zero-order valence-electron chi connectivity index (χ0n) is 19.0. The molecule has 0 bridgehead atoms. The maximum absolute atomic E-state index is 5.92. The third kappa shape index (κ3) is 5.17. The Kier molecular flexibility index (Phi) is 6.70. The van der Waals surface area contributed by atoms with Gasteiger partial charge in [-0.05, 0) is 47.5 Å². The van der Waals surface area contributed by atoms with Crippen molar-refractivity contribution in [2.75, 3.05) is 23.0 Å². The number of hydrazone groups is 1. The number of benzene rings is 1. The van der Waals surface area contributed by atoms with Crippen molar-refractivity contribution in [1.29, 1.82) is 0 Å². The van der Waals surface area contributed by atoms with Crippen molar-refractivity contribution in [3.63, 3.8) is 0 Å². The van der Waals surface area contributed by atoms with E-state index in [1.165, 1.54) is 5.01 Å². The first-order valence-corrected chi connectivity index (χ1v) is 12.0. The third-order valence-corrected chi connectivity index (χ3v) is 6.82. The van der Waals surface area contributed by atoms with Crippen LogP contribution < -0.4 is 14.6 Å². The fraction of sp³-hybridized carbons (Fsp3) is 0.261. The fourth-order valence-electron chi connectivity index (χ4n) is 3.88. The number of ether oxygens (including phenoxy) is 1. The molecule has 0 atom stereocenters. The van der Waals surface area contributed by atoms with Crippen molar-refractivity contribution >= 4 is 29.7 Å². The van der Waals surface area contributed by atoms with Crippen LogP contribution in [-0.2, 0) is 6.61 Å². The van der Waals surface area contributed by atoms with Gasteiger partial charge in [-0.2, -0.15) is 5.10 Å². The first-order chi connectivity index (χ1) is 17.2. The summed E-state index contributed by atoms with van der Waals surface area (Å²) in [5.41, 5.74) is 1.82. The Labute approximate surface area is 206 Å². The van der Waals surface area contributed by atoms with E-state index in [1.54, 1.807) is 40.9 Å². The summed E-state index contributed by atoms with van der Waals surface area (Å²) in [5.74, 6) is 2.67. The molecule has 0 unspecified atom stereocenters. The Hall–Kier alpha value is -4.19. The van der Waals surface area contributed by atoms with Crippen LogP contribution in [0, 0.1) is 0 Å². The minimum Gasteiger partial charge on any atom is -0.487 e. The molecule has 178 valence electrons. The molecule has 11 nitrogen and oxygen atoms in total. The summed E-state index contributed by atoms with van der Waals surface area (Å²) >= 11 is 1.70. The molecule has 1 saturated heterocycles. The molecule has 0 amide bonds. The summed E-state index contributed by atoms with van der Waals surface area (Å²) in [6.07, 6.45) is 8.59. The minimum atomic E-state index is 0.433. The first-order valence-electron chi connectivity index (χ1n) is 11.1. The Morgan fingerprint density at radius 3 is 2.66 bits per heavy atom. The summed E-state index contributed by atoms with van der Waals surface area (Å²) in [4.78, 5) is 16.1. The molecular formula is C23H24N10OS. The summed E-state index contributed by atoms with van der Waals surface area (Å²) in [6.45, 7) is 9.44. The summed E-state index contributed by atoms with van der Waals surface area (Å²) in [6, 6.07) is 7.63. The van der Waals surface area contributed by atoms with Gasteiger partial charge in [0.05, 0.1) is 28.8 Å². The maximum atomic E-state index is 5.92. The maximum Gasteiger partial charge on any atom is 0.171 e. The van der Waals surface area contributed by atoms with Crippen LogP contribution in [0.15, 0.2) is 66.2 Å². The zero-order chi connectivity index (χ0) is 24.0. The monoisotopic (exact) mass is 488 g/mol. The summed E-state index contributed by atoms with van der Waals surface area (Å²) < 4.78 is 7.52. The number of rotatable bonds is 9. The molecule has 1 aliphatic rings. The molecule has 1 aromatic carbocycles. The van der Waals surface area contributed by atoms with Crippen molar-refractivity contribution in [3.8, 4) is 11.4 Å². The molecule has 5 rings (SSSR count). The number of anilines is 2. The van der Waals surface area contributed by atoms with Gasteiger partial charge in [0.2, 0.25) is 0 Å². The smallest absolute Gasteiger partial charge is 0.171 e. The van der Waals surface area contributed by atoms with Gasteiger partial charge < -0.3 is 9.64 Å². The van der Waals surface area contributed by atoms with E-state index in [9.17, 15) is 0 Å². The lowest BCUT2D eigenvalue weighted by Gasteiger charge is -2.31. The van der Waals surface area contributed by atoms with Gasteiger partial charge in [0, 0.05) is 37.3 Å². The molecule has 4 heterocycles. The lowest BCUT2D eigenvalue weighted by Crippen LogP contribution is -2.33. The molecule has 4 aromatic rings. The molecular weight excluding hydrogens is 464 g/mol. The van der Waals surface area contributed by atoms with Gasteiger partial charge in [-0.1, -0.05) is 6.58 Å². The van der Waals surface area contributed by atoms with Crippen LogP contribution in [0.25, 0.3) is 5.69 Å². The number of piperidine rings is 1. The second kappa shape index (κ2) is 10.4. The van der Waals surface area contributed by atoms with Gasteiger partial charge in [0.1, 0.15) is 24.5 Å². The second-order valence-electron chi connectivity index (χ2n) is 7.88. The average molecular weight is 489 g/mol. The quantitative estimate of drug-likeness (QED) is 0.258. The predicted octanol–water partition coefficient (Wildman–Crippen LogP) is 3.44. The van der Waals surface area contributed by atoms with E-state index in [1.807, 2.05) is 24.3 Å². The number of hydrogen-bond acceptors (Lipinski definition) is 11. The van der Waals surface area contributed by atoms with Crippen molar-refractivity contribution in [3.05, 3.63) is 71.8 Å². The fourth-order valence-corrected chi connectivity index (χ4v) is 4.86. The van der Waals surface area contributed by atoms with Crippen molar-refractivity contribution in [1.82, 2.24) is 35.2 Å². The van der Waals surface area contributed by atoms with Gasteiger partial charge >= 0.3 is 0 Å². The molecule has 1 aliphatic heterocycles. The lowest BCUT2D eigenvalue weighted by atomic mass is 9.97. The summed E-state index contributed by atoms with van der Waals surface area (Å²) in [7, 11) is 0. The summed E-state index contributed by atoms with van der Waals surface area (Å²) in [5, 5.41) is 19.7. The van der Waals surface area contributed by atoms with E-state index in [2.05, 4.69) is 54.2 Å². The molecule has 0 aliphatic carbocycles. The molecule has 0 N–H and O–H groups in total. The van der Waals surface area contributed by atoms with Crippen LogP contribution in [0.2, 0.25) is 0 Å². The molecule has 12 heteroatoms. The first kappa shape index (κ1) is 22.6. The predicted molar refractivity (Wildman–Crippen MR) is 134 cm³/mol. The standard InChI is InChI=1S/C23H24N10OS/c1-3-32(24-2)22-13-25-21(12-26-22)31-10-8-17(9-11-31)23-28-18(15-35-23)14-34-20-6-4-19(5-7-20)33-16-27-29-30-33/h3-7,12-13,15-17H,1-2,8-11,14H2. The van der Waals surface area contributed by atoms with Crippen LogP contribution in [0.1, 0.15) is 29.5 Å². The average Bonchev–Trinajstić information content (AvgIpc) is 3.62. The Morgan fingerprint density at radius 1 is 1.17 bits per heavy atom. The third-order valence-electron chi connectivity index (χ3n) is 5.76. The SMILES string of the molecule is C=CN(N=C)c1cnc(N2CCC(c3nc(COc4ccc(-n5cnnn5)cc4)cs3)CC2)cn1. The van der Waals surface area contributed by atoms with Crippen molar-refractivity contribution in [2.24, 2.45) is 5.10 Å².